The van der Waals surface area contributed by atoms with Gasteiger partial charge in [0.05, 0.1) is 16.5 Å². The smallest absolute Gasteiger partial charge is 0.243 e. The van der Waals surface area contributed by atoms with E-state index in [0.29, 0.717) is 35.7 Å². The number of nitrogens with one attached hydrogen (secondary N) is 1. The zero-order chi connectivity index (χ0) is 22.9. The van der Waals surface area contributed by atoms with Gasteiger partial charge < -0.3 is 5.32 Å². The summed E-state index contributed by atoms with van der Waals surface area (Å²) in [4.78, 5) is 13.1. The number of aromatic nitrogens is 4. The summed E-state index contributed by atoms with van der Waals surface area (Å²) in [5.74, 6) is -0.653. The molecule has 1 N–H and O–H groups in total. The van der Waals surface area contributed by atoms with E-state index in [1.807, 2.05) is 19.1 Å². The van der Waals surface area contributed by atoms with Crippen LogP contribution in [0.1, 0.15) is 24.0 Å². The molecule has 1 saturated heterocycles. The highest BCUT2D eigenvalue weighted by Gasteiger charge is 2.34. The lowest BCUT2D eigenvalue weighted by Crippen LogP contribution is -2.43. The van der Waals surface area contributed by atoms with Gasteiger partial charge in [0, 0.05) is 23.8 Å². The molecule has 2 heterocycles. The van der Waals surface area contributed by atoms with Crippen LogP contribution in [0, 0.1) is 19.8 Å². The maximum absolute atomic E-state index is 13.2. The van der Waals surface area contributed by atoms with Gasteiger partial charge in [0.1, 0.15) is 6.33 Å². The van der Waals surface area contributed by atoms with Crippen molar-refractivity contribution < 1.29 is 13.2 Å². The summed E-state index contributed by atoms with van der Waals surface area (Å²) in [6, 6.07) is 10.2. The Bertz CT molecular complexity index is 1250. The Labute approximate surface area is 191 Å². The van der Waals surface area contributed by atoms with Gasteiger partial charge in [-0.1, -0.05) is 17.7 Å². The molecule has 0 bridgehead atoms. The minimum Gasteiger partial charge on any atom is -0.326 e. The molecule has 0 spiro atoms. The number of rotatable bonds is 5. The van der Waals surface area contributed by atoms with Crippen molar-refractivity contribution in [1.82, 2.24) is 24.5 Å². The fourth-order valence-corrected chi connectivity index (χ4v) is 5.88. The van der Waals surface area contributed by atoms with Gasteiger partial charge >= 0.3 is 0 Å². The van der Waals surface area contributed by atoms with Crippen molar-refractivity contribution in [3.63, 3.8) is 0 Å². The molecule has 0 saturated carbocycles. The van der Waals surface area contributed by atoms with Crippen molar-refractivity contribution in [2.45, 2.75) is 31.6 Å². The minimum atomic E-state index is -3.74. The fraction of sp³-hybridized carbons (Fsp3) is 0.333. The Balaban J connectivity index is 1.48. The van der Waals surface area contributed by atoms with E-state index in [-0.39, 0.29) is 17.3 Å². The van der Waals surface area contributed by atoms with E-state index in [4.69, 9.17) is 11.6 Å². The van der Waals surface area contributed by atoms with Crippen molar-refractivity contribution in [2.75, 3.05) is 18.4 Å². The molecule has 9 nitrogen and oxygen atoms in total. The van der Waals surface area contributed by atoms with E-state index < -0.39 is 15.9 Å². The van der Waals surface area contributed by atoms with Gasteiger partial charge in [-0.3, -0.25) is 4.79 Å². The fourth-order valence-electron chi connectivity index (χ4n) is 3.87. The van der Waals surface area contributed by atoms with Crippen molar-refractivity contribution in [3.8, 4) is 5.69 Å². The largest absolute Gasteiger partial charge is 0.326 e. The molecule has 32 heavy (non-hydrogen) atoms. The maximum Gasteiger partial charge on any atom is 0.243 e. The highest BCUT2D eigenvalue weighted by atomic mass is 35.5. The molecule has 3 aromatic rings. The number of benzene rings is 2. The van der Waals surface area contributed by atoms with Crippen molar-refractivity contribution in [2.24, 2.45) is 5.92 Å². The lowest BCUT2D eigenvalue weighted by atomic mass is 9.98. The predicted molar refractivity (Wildman–Crippen MR) is 120 cm³/mol. The predicted octanol–water partition coefficient (Wildman–Crippen LogP) is 2.97. The van der Waals surface area contributed by atoms with E-state index in [1.54, 1.807) is 29.8 Å². The van der Waals surface area contributed by atoms with Gasteiger partial charge in [-0.25, -0.2) is 13.1 Å². The second kappa shape index (κ2) is 8.97. The molecule has 1 aliphatic heterocycles. The molecule has 1 atom stereocenters. The van der Waals surface area contributed by atoms with Crippen LogP contribution >= 0.6 is 11.6 Å². The summed E-state index contributed by atoms with van der Waals surface area (Å²) in [6.45, 7) is 4.13. The third-order valence-electron chi connectivity index (χ3n) is 5.58. The number of amides is 1. The molecule has 168 valence electrons. The number of hydrogen-bond donors (Lipinski definition) is 1. The van der Waals surface area contributed by atoms with Gasteiger partial charge in [-0.15, -0.1) is 5.10 Å². The van der Waals surface area contributed by atoms with Crippen LogP contribution in [-0.4, -0.2) is 51.9 Å². The molecule has 1 unspecified atom stereocenters. The molecule has 4 rings (SSSR count). The first-order valence-electron chi connectivity index (χ1n) is 10.2. The van der Waals surface area contributed by atoms with Crippen LogP contribution in [0.2, 0.25) is 5.02 Å². The number of carbonyl (C=O) groups excluding carboxylic acids is 1. The molecular weight excluding hydrogens is 452 g/mol. The van der Waals surface area contributed by atoms with E-state index in [9.17, 15) is 13.2 Å². The molecule has 1 aromatic heterocycles. The quantitative estimate of drug-likeness (QED) is 0.608. The normalized spacial score (nSPS) is 17.3. The number of hydrogen-bond acceptors (Lipinski definition) is 6. The topological polar surface area (TPSA) is 110 Å². The number of anilines is 1. The Morgan fingerprint density at radius 1 is 1.16 bits per heavy atom. The van der Waals surface area contributed by atoms with E-state index >= 15 is 0 Å². The van der Waals surface area contributed by atoms with Crippen LogP contribution < -0.4 is 5.32 Å². The van der Waals surface area contributed by atoms with Gasteiger partial charge in [0.15, 0.2) is 0 Å². The van der Waals surface area contributed by atoms with Crippen LogP contribution in [0.3, 0.4) is 0 Å². The maximum atomic E-state index is 13.2. The SMILES string of the molecule is Cc1cc(NC(=O)C2CCCN(S(=O)(=O)c3cc(Cl)ccc3C)C2)ccc1-n1cnnn1. The third-order valence-corrected chi connectivity index (χ3v) is 7.83. The first kappa shape index (κ1) is 22.4. The molecule has 1 aliphatic rings. The summed E-state index contributed by atoms with van der Waals surface area (Å²) in [7, 11) is -3.74. The number of tetrazole rings is 1. The Morgan fingerprint density at radius 2 is 1.97 bits per heavy atom. The standard InChI is InChI=1S/C21H23ClN6O3S/c1-14-5-6-17(22)11-20(14)32(30,31)27-9-3-4-16(12-27)21(29)24-18-7-8-19(15(2)10-18)28-13-23-25-26-28/h5-8,10-11,13,16H,3-4,9,12H2,1-2H3,(H,24,29). The monoisotopic (exact) mass is 474 g/mol. The summed E-state index contributed by atoms with van der Waals surface area (Å²) in [5.41, 5.74) is 2.95. The second-order valence-electron chi connectivity index (χ2n) is 7.86. The zero-order valence-electron chi connectivity index (χ0n) is 17.7. The zero-order valence-corrected chi connectivity index (χ0v) is 19.3. The highest BCUT2D eigenvalue weighted by molar-refractivity contribution is 7.89. The molecule has 1 fully saturated rings. The van der Waals surface area contributed by atoms with Crippen molar-refractivity contribution in [1.29, 1.82) is 0 Å². The summed E-state index contributed by atoms with van der Waals surface area (Å²) >= 11 is 6.03. The van der Waals surface area contributed by atoms with Crippen LogP contribution in [0.25, 0.3) is 5.69 Å². The van der Waals surface area contributed by atoms with Gasteiger partial charge in [-0.05, 0) is 78.6 Å². The average molecular weight is 475 g/mol. The van der Waals surface area contributed by atoms with Gasteiger partial charge in [0.25, 0.3) is 0 Å². The number of aryl methyl sites for hydroxylation is 2. The summed E-state index contributed by atoms with van der Waals surface area (Å²) in [5, 5.41) is 14.4. The Kier molecular flexibility index (Phi) is 6.27. The number of sulfonamides is 1. The van der Waals surface area contributed by atoms with Crippen molar-refractivity contribution in [3.05, 3.63) is 58.9 Å². The van der Waals surface area contributed by atoms with Crippen LogP contribution in [0.15, 0.2) is 47.6 Å². The molecule has 2 aromatic carbocycles. The first-order valence-corrected chi connectivity index (χ1v) is 12.0. The molecular formula is C21H23ClN6O3S. The molecule has 11 heteroatoms. The summed E-state index contributed by atoms with van der Waals surface area (Å²) < 4.78 is 29.3. The first-order chi connectivity index (χ1) is 15.3. The van der Waals surface area contributed by atoms with Crippen LogP contribution in [-0.2, 0) is 14.8 Å². The molecule has 0 radical (unpaired) electrons. The van der Waals surface area contributed by atoms with Gasteiger partial charge in [-0.2, -0.15) is 4.31 Å². The van der Waals surface area contributed by atoms with Gasteiger partial charge in [0.2, 0.25) is 15.9 Å². The van der Waals surface area contributed by atoms with Crippen LogP contribution in [0.5, 0.6) is 0 Å². The molecule has 1 amide bonds. The number of carbonyl (C=O) groups is 1. The minimum absolute atomic E-state index is 0.127. The Hall–Kier alpha value is -2.82. The average Bonchev–Trinajstić information content (AvgIpc) is 3.30. The lowest BCUT2D eigenvalue weighted by molar-refractivity contribution is -0.120. The number of piperidine rings is 1. The highest BCUT2D eigenvalue weighted by Crippen LogP contribution is 2.28. The summed E-state index contributed by atoms with van der Waals surface area (Å²) in [6.07, 6.45) is 2.72. The van der Waals surface area contributed by atoms with Crippen molar-refractivity contribution >= 4 is 33.2 Å². The number of nitrogens with zero attached hydrogens (tertiary/aromatic N) is 5. The number of halogens is 1. The van der Waals surface area contributed by atoms with E-state index in [1.165, 1.54) is 16.7 Å². The van der Waals surface area contributed by atoms with Crippen LogP contribution in [0.4, 0.5) is 5.69 Å². The second-order valence-corrected chi connectivity index (χ2v) is 10.2. The molecule has 0 aliphatic carbocycles. The van der Waals surface area contributed by atoms with E-state index in [2.05, 4.69) is 20.8 Å². The lowest BCUT2D eigenvalue weighted by Gasteiger charge is -2.31. The third kappa shape index (κ3) is 4.52. The Morgan fingerprint density at radius 3 is 2.69 bits per heavy atom. The van der Waals surface area contributed by atoms with E-state index in [0.717, 1.165) is 11.3 Å².